The van der Waals surface area contributed by atoms with Crippen LogP contribution in [0.4, 0.5) is 11.4 Å². The predicted molar refractivity (Wildman–Crippen MR) is 330 cm³/mol. The maximum atomic E-state index is 11.2. The molecule has 2 N–H and O–H groups in total. The number of hydrogen-bond acceptors (Lipinski definition) is 10. The molecule has 3 aromatic rings. The molecule has 0 saturated heterocycles. The Morgan fingerprint density at radius 3 is 0.744 bits per heavy atom. The van der Waals surface area contributed by atoms with Gasteiger partial charge in [-0.3, -0.25) is 9.98 Å². The average Bonchev–Trinajstić information content (AvgIpc) is 3.43. The van der Waals surface area contributed by atoms with E-state index in [9.17, 15) is 10.2 Å². The second kappa shape index (κ2) is 46.2. The normalized spacial score (nSPS) is 11.6. The SMILES string of the molecule is CCCCCCCCOc1cc(N=Cc2cc(C=Nc3cc(OCCCCCCCC)c(OCCCCCCCC)c(OCCCCCCCC)c3)c(O)cc2O)cc(OCCCCCCCC)c1OCCCCCCCC. The Balaban J connectivity index is 2.00. The van der Waals surface area contributed by atoms with Crippen molar-refractivity contribution in [2.75, 3.05) is 39.6 Å². The number of rotatable bonds is 52. The molecule has 0 saturated carbocycles. The smallest absolute Gasteiger partial charge is 0.203 e. The molecule has 0 aromatic heterocycles. The molecule has 10 nitrogen and oxygen atoms in total. The van der Waals surface area contributed by atoms with Crippen molar-refractivity contribution in [2.24, 2.45) is 9.98 Å². The van der Waals surface area contributed by atoms with Crippen molar-refractivity contribution in [3.8, 4) is 46.0 Å². The zero-order valence-corrected chi connectivity index (χ0v) is 50.6. The van der Waals surface area contributed by atoms with E-state index in [0.29, 0.717) is 96.6 Å². The van der Waals surface area contributed by atoms with Crippen molar-refractivity contribution in [3.05, 3.63) is 47.5 Å². The number of unbranched alkanes of at least 4 members (excludes halogenated alkanes) is 30. The highest BCUT2D eigenvalue weighted by molar-refractivity contribution is 5.93. The minimum atomic E-state index is -0.103. The first-order chi connectivity index (χ1) is 38.4. The summed E-state index contributed by atoms with van der Waals surface area (Å²) in [6.45, 7) is 16.9. The molecule has 0 aliphatic carbocycles. The minimum absolute atomic E-state index is 0.103. The van der Waals surface area contributed by atoms with Crippen LogP contribution < -0.4 is 28.4 Å². The first-order valence-corrected chi connectivity index (χ1v) is 32.2. The van der Waals surface area contributed by atoms with Gasteiger partial charge in [-0.25, -0.2) is 0 Å². The van der Waals surface area contributed by atoms with E-state index in [1.165, 1.54) is 160 Å². The second-order valence-electron chi connectivity index (χ2n) is 21.7. The lowest BCUT2D eigenvalue weighted by atomic mass is 10.1. The van der Waals surface area contributed by atoms with Gasteiger partial charge < -0.3 is 38.6 Å². The zero-order valence-electron chi connectivity index (χ0n) is 50.6. The standard InChI is InChI=1S/C68H112N2O8/c1-7-13-19-25-31-37-43-73-63-50-59(51-64(74-44-38-32-26-20-14-8-2)67(63)77-47-41-35-29-23-17-11-5)69-55-57-49-58(62(72)54-61(57)71)56-70-60-52-65(75-45-39-33-27-21-15-9-3)68(78-48-42-36-30-24-18-12-6)66(53-60)76-46-40-34-28-22-16-10-4/h49-56,71-72H,7-48H2,1-6H3. The highest BCUT2D eigenvalue weighted by atomic mass is 16.5. The van der Waals surface area contributed by atoms with Gasteiger partial charge in [0.15, 0.2) is 23.0 Å². The predicted octanol–water partition coefficient (Wildman–Crippen LogP) is 21.0. The van der Waals surface area contributed by atoms with Crippen molar-refractivity contribution >= 4 is 23.8 Å². The Morgan fingerprint density at radius 2 is 0.500 bits per heavy atom. The molecule has 0 heterocycles. The Bertz CT molecular complexity index is 1790. The van der Waals surface area contributed by atoms with Gasteiger partial charge >= 0.3 is 0 Å². The Hall–Kier alpha value is -4.60. The van der Waals surface area contributed by atoms with E-state index in [2.05, 4.69) is 41.5 Å². The number of phenols is 2. The molecular weight excluding hydrogens is 973 g/mol. The van der Waals surface area contributed by atoms with Crippen molar-refractivity contribution in [1.29, 1.82) is 0 Å². The number of benzene rings is 3. The second-order valence-corrected chi connectivity index (χ2v) is 21.7. The zero-order chi connectivity index (χ0) is 55.9. The van der Waals surface area contributed by atoms with Gasteiger partial charge in [0.1, 0.15) is 11.5 Å². The molecule has 0 radical (unpaired) electrons. The van der Waals surface area contributed by atoms with Crippen LogP contribution in [-0.4, -0.2) is 62.3 Å². The van der Waals surface area contributed by atoms with Gasteiger partial charge in [0.25, 0.3) is 0 Å². The van der Waals surface area contributed by atoms with Gasteiger partial charge in [-0.1, -0.05) is 234 Å². The van der Waals surface area contributed by atoms with Crippen LogP contribution in [0.5, 0.6) is 46.0 Å². The van der Waals surface area contributed by atoms with Gasteiger partial charge in [-0.2, -0.15) is 0 Å². The Labute approximate surface area is 476 Å². The topological polar surface area (TPSA) is 121 Å². The molecule has 0 amide bonds. The van der Waals surface area contributed by atoms with Crippen LogP contribution in [0.1, 0.15) is 284 Å². The first-order valence-electron chi connectivity index (χ1n) is 32.2. The lowest BCUT2D eigenvalue weighted by Crippen LogP contribution is -2.06. The molecule has 3 aromatic carbocycles. The molecular formula is C68H112N2O8. The molecule has 0 atom stereocenters. The van der Waals surface area contributed by atoms with Gasteiger partial charge in [0.05, 0.1) is 51.0 Å². The van der Waals surface area contributed by atoms with Crippen molar-refractivity contribution in [1.82, 2.24) is 0 Å². The summed E-state index contributed by atoms with van der Waals surface area (Å²) in [6.07, 6.45) is 45.2. The Kier molecular flexibility index (Phi) is 40.1. The molecule has 0 aliphatic heterocycles. The third-order valence-electron chi connectivity index (χ3n) is 14.4. The summed E-state index contributed by atoms with van der Waals surface area (Å²) in [4.78, 5) is 9.81. The quantitative estimate of drug-likeness (QED) is 0.0424. The van der Waals surface area contributed by atoms with Gasteiger partial charge in [0.2, 0.25) is 11.5 Å². The molecule has 442 valence electrons. The first kappa shape index (κ1) is 67.7. The third kappa shape index (κ3) is 30.7. The molecule has 0 spiro atoms. The molecule has 78 heavy (non-hydrogen) atoms. The maximum absolute atomic E-state index is 11.2. The summed E-state index contributed by atoms with van der Waals surface area (Å²) in [5.74, 6) is 3.54. The van der Waals surface area contributed by atoms with E-state index in [1.54, 1.807) is 18.5 Å². The molecule has 10 heteroatoms. The largest absolute Gasteiger partial charge is 0.507 e. The number of ether oxygens (including phenoxy) is 6. The minimum Gasteiger partial charge on any atom is -0.507 e. The third-order valence-corrected chi connectivity index (χ3v) is 14.4. The summed E-state index contributed by atoms with van der Waals surface area (Å²) < 4.78 is 39.3. The fourth-order valence-electron chi connectivity index (χ4n) is 9.47. The number of aliphatic imine (C=N–C) groups is 2. The van der Waals surface area contributed by atoms with Crippen LogP contribution in [0, 0.1) is 0 Å². The highest BCUT2D eigenvalue weighted by Crippen LogP contribution is 2.44. The van der Waals surface area contributed by atoms with Crippen LogP contribution in [0.3, 0.4) is 0 Å². The van der Waals surface area contributed by atoms with Crippen LogP contribution >= 0.6 is 0 Å². The highest BCUT2D eigenvalue weighted by Gasteiger charge is 2.19. The summed E-state index contributed by atoms with van der Waals surface area (Å²) >= 11 is 0. The Morgan fingerprint density at radius 1 is 0.282 bits per heavy atom. The average molecular weight is 1090 g/mol. The van der Waals surface area contributed by atoms with Crippen LogP contribution in [0.15, 0.2) is 46.4 Å². The summed E-state index contributed by atoms with van der Waals surface area (Å²) in [6, 6.07) is 10.7. The van der Waals surface area contributed by atoms with Crippen LogP contribution in [0.2, 0.25) is 0 Å². The van der Waals surface area contributed by atoms with E-state index in [0.717, 1.165) is 77.0 Å². The molecule has 0 unspecified atom stereocenters. The molecule has 0 aliphatic rings. The van der Waals surface area contributed by atoms with Gasteiger partial charge in [-0.05, 0) is 44.6 Å². The molecule has 3 rings (SSSR count). The summed E-state index contributed by atoms with van der Waals surface area (Å²) in [5, 5.41) is 22.4. The van der Waals surface area contributed by atoms with Crippen molar-refractivity contribution in [2.45, 2.75) is 273 Å². The number of hydrogen-bond donors (Lipinski definition) is 2. The van der Waals surface area contributed by atoms with Crippen LogP contribution in [0.25, 0.3) is 0 Å². The molecule has 0 bridgehead atoms. The summed E-state index contributed by atoms with van der Waals surface area (Å²) in [7, 11) is 0. The fourth-order valence-corrected chi connectivity index (χ4v) is 9.47. The van der Waals surface area contributed by atoms with Gasteiger partial charge in [0, 0.05) is 53.9 Å². The van der Waals surface area contributed by atoms with E-state index in [1.807, 2.05) is 24.3 Å². The van der Waals surface area contributed by atoms with E-state index < -0.39 is 0 Å². The van der Waals surface area contributed by atoms with E-state index >= 15 is 0 Å². The number of aromatic hydroxyl groups is 2. The summed E-state index contributed by atoms with van der Waals surface area (Å²) in [5.41, 5.74) is 2.07. The lowest BCUT2D eigenvalue weighted by molar-refractivity contribution is 0.234. The van der Waals surface area contributed by atoms with E-state index in [-0.39, 0.29) is 11.5 Å². The maximum Gasteiger partial charge on any atom is 0.203 e. The van der Waals surface area contributed by atoms with Crippen molar-refractivity contribution in [3.63, 3.8) is 0 Å². The fraction of sp³-hybridized carbons (Fsp3) is 0.706. The van der Waals surface area contributed by atoms with Gasteiger partial charge in [-0.15, -0.1) is 0 Å². The monoisotopic (exact) mass is 1080 g/mol. The lowest BCUT2D eigenvalue weighted by Gasteiger charge is -2.18. The van der Waals surface area contributed by atoms with E-state index in [4.69, 9.17) is 38.4 Å². The molecule has 0 fully saturated rings. The number of phenolic OH excluding ortho intramolecular Hbond substituents is 2. The van der Waals surface area contributed by atoms with Crippen LogP contribution in [-0.2, 0) is 0 Å². The van der Waals surface area contributed by atoms with Crippen molar-refractivity contribution < 1.29 is 38.6 Å². The number of nitrogens with zero attached hydrogens (tertiary/aromatic N) is 2.